The van der Waals surface area contributed by atoms with Gasteiger partial charge in [0.1, 0.15) is 11.5 Å². The molecular weight excluding hydrogens is 392 g/mol. The van der Waals surface area contributed by atoms with E-state index in [1.54, 1.807) is 52.0 Å². The minimum atomic E-state index is -4.97. The summed E-state index contributed by atoms with van der Waals surface area (Å²) in [6.07, 6.45) is 0. The average molecular weight is 410 g/mol. The fraction of sp³-hybridized carbons (Fsp3) is 0.235. The Kier molecular flexibility index (Phi) is 5.74. The van der Waals surface area contributed by atoms with Crippen LogP contribution in [0.25, 0.3) is 5.53 Å². The highest BCUT2D eigenvalue weighted by Crippen LogP contribution is 2.24. The van der Waals surface area contributed by atoms with Gasteiger partial charge < -0.3 is 13.9 Å². The third-order valence-electron chi connectivity index (χ3n) is 3.57. The van der Waals surface area contributed by atoms with Crippen LogP contribution in [-0.2, 0) is 20.2 Å². The molecule has 0 saturated heterocycles. The summed E-state index contributed by atoms with van der Waals surface area (Å²) in [5.74, 6) is -0.188. The maximum atomic E-state index is 12.4. The Balaban J connectivity index is 2.39. The Morgan fingerprint density at radius 1 is 0.778 bits per heavy atom. The molecule has 0 amide bonds. The van der Waals surface area contributed by atoms with Crippen molar-refractivity contribution >= 4 is 24.6 Å². The van der Waals surface area contributed by atoms with Gasteiger partial charge in [-0.05, 0) is 51.0 Å². The summed E-state index contributed by atoms with van der Waals surface area (Å²) in [5, 5.41) is 0. The SMILES string of the molecule is Cc1ccc(OS(=O)(=O)C(=[N+]=[N-])S(=O)(=O)Oc2ccc(C)cc2C)c(C)c1. The summed E-state index contributed by atoms with van der Waals surface area (Å²) in [7, 11) is -9.95. The van der Waals surface area contributed by atoms with E-state index < -0.39 is 24.6 Å². The highest BCUT2D eigenvalue weighted by Gasteiger charge is 2.46. The van der Waals surface area contributed by atoms with Crippen LogP contribution in [0.1, 0.15) is 22.3 Å². The second-order valence-corrected chi connectivity index (χ2v) is 9.16. The molecule has 0 spiro atoms. The molecule has 27 heavy (non-hydrogen) atoms. The summed E-state index contributed by atoms with van der Waals surface area (Å²) in [6.45, 7) is 6.78. The second-order valence-electron chi connectivity index (χ2n) is 5.98. The van der Waals surface area contributed by atoms with E-state index in [2.05, 4.69) is 4.79 Å². The van der Waals surface area contributed by atoms with Gasteiger partial charge in [-0.25, -0.2) is 0 Å². The molecule has 0 aliphatic heterocycles. The topological polar surface area (TPSA) is 123 Å². The summed E-state index contributed by atoms with van der Waals surface area (Å²) >= 11 is 0. The van der Waals surface area contributed by atoms with Crippen LogP contribution in [0.15, 0.2) is 36.4 Å². The fourth-order valence-corrected chi connectivity index (χ4v) is 4.71. The highest BCUT2D eigenvalue weighted by molar-refractivity contribution is 8.27. The molecule has 0 aromatic heterocycles. The Labute approximate surface area is 158 Å². The van der Waals surface area contributed by atoms with E-state index in [4.69, 9.17) is 13.9 Å². The molecule has 144 valence electrons. The Morgan fingerprint density at radius 2 is 1.15 bits per heavy atom. The molecule has 0 heterocycles. The standard InChI is InChI=1S/C17H18N2O6S2/c1-11-5-7-15(13(3)9-11)24-26(20,21)17(19-18)27(22,23)25-16-8-6-12(2)10-14(16)4/h5-10H,1-4H3. The average Bonchev–Trinajstić information content (AvgIpc) is 2.53. The lowest BCUT2D eigenvalue weighted by Crippen LogP contribution is -2.32. The first-order chi connectivity index (χ1) is 12.5. The zero-order chi connectivity index (χ0) is 20.4. The Bertz CT molecular complexity index is 1060. The predicted octanol–water partition coefficient (Wildman–Crippen LogP) is 2.62. The van der Waals surface area contributed by atoms with Gasteiger partial charge in [-0.1, -0.05) is 35.4 Å². The van der Waals surface area contributed by atoms with Crippen LogP contribution in [0.4, 0.5) is 0 Å². The molecule has 2 aromatic rings. The second kappa shape index (κ2) is 7.51. The van der Waals surface area contributed by atoms with E-state index >= 15 is 0 Å². The Morgan fingerprint density at radius 3 is 1.44 bits per heavy atom. The van der Waals surface area contributed by atoms with E-state index in [0.29, 0.717) is 11.1 Å². The minimum Gasteiger partial charge on any atom is -0.373 e. The number of benzene rings is 2. The van der Waals surface area contributed by atoms with Crippen LogP contribution >= 0.6 is 0 Å². The number of hydrogen-bond acceptors (Lipinski definition) is 6. The van der Waals surface area contributed by atoms with Crippen LogP contribution in [0.5, 0.6) is 11.5 Å². The van der Waals surface area contributed by atoms with Crippen molar-refractivity contribution in [2.24, 2.45) is 0 Å². The lowest BCUT2D eigenvalue weighted by Gasteiger charge is -2.09. The monoisotopic (exact) mass is 410 g/mol. The van der Waals surface area contributed by atoms with Crippen LogP contribution in [0, 0.1) is 27.7 Å². The molecule has 0 radical (unpaired) electrons. The van der Waals surface area contributed by atoms with E-state index in [1.165, 1.54) is 12.1 Å². The molecule has 8 nitrogen and oxygen atoms in total. The molecule has 0 aliphatic carbocycles. The molecular formula is C17H18N2O6S2. The first kappa shape index (κ1) is 20.6. The zero-order valence-electron chi connectivity index (χ0n) is 15.1. The number of aryl methyl sites for hydroxylation is 4. The third kappa shape index (κ3) is 4.73. The van der Waals surface area contributed by atoms with Gasteiger partial charge in [-0.2, -0.15) is 16.8 Å². The number of nitrogens with zero attached hydrogens (tertiary/aromatic N) is 2. The highest BCUT2D eigenvalue weighted by atomic mass is 32.3. The van der Waals surface area contributed by atoms with Gasteiger partial charge in [0.05, 0.1) is 0 Å². The van der Waals surface area contributed by atoms with Crippen molar-refractivity contribution in [3.63, 3.8) is 0 Å². The molecule has 0 fully saturated rings. The van der Waals surface area contributed by atoms with Gasteiger partial charge in [-0.15, -0.1) is 4.79 Å². The normalized spacial score (nSPS) is 11.6. The summed E-state index contributed by atoms with van der Waals surface area (Å²) in [4.78, 5) is 2.41. The van der Waals surface area contributed by atoms with Crippen LogP contribution < -0.4 is 8.37 Å². The van der Waals surface area contributed by atoms with Gasteiger partial charge in [-0.3, -0.25) is 0 Å². The molecule has 0 saturated carbocycles. The van der Waals surface area contributed by atoms with Crippen LogP contribution in [-0.4, -0.2) is 26.0 Å². The maximum Gasteiger partial charge on any atom is 0.568 e. The van der Waals surface area contributed by atoms with E-state index in [9.17, 15) is 16.8 Å². The first-order valence-electron chi connectivity index (χ1n) is 7.72. The number of rotatable bonds is 4. The van der Waals surface area contributed by atoms with Crippen molar-refractivity contribution in [1.82, 2.24) is 0 Å². The molecule has 0 atom stereocenters. The largest absolute Gasteiger partial charge is 0.568 e. The molecule has 2 aromatic carbocycles. The third-order valence-corrected chi connectivity index (χ3v) is 6.61. The quantitative estimate of drug-likeness (QED) is 0.251. The van der Waals surface area contributed by atoms with Crippen molar-refractivity contribution in [3.8, 4) is 11.5 Å². The maximum absolute atomic E-state index is 12.4. The van der Waals surface area contributed by atoms with Gasteiger partial charge in [0.25, 0.3) is 0 Å². The zero-order valence-corrected chi connectivity index (χ0v) is 16.8. The lowest BCUT2D eigenvalue weighted by molar-refractivity contribution is 0.00268. The minimum absolute atomic E-state index is 0.0940. The summed E-state index contributed by atoms with van der Waals surface area (Å²) in [6, 6.07) is 9.23. The van der Waals surface area contributed by atoms with E-state index in [-0.39, 0.29) is 11.5 Å². The number of hydrogen-bond donors (Lipinski definition) is 0. The molecule has 0 bridgehead atoms. The van der Waals surface area contributed by atoms with Crippen LogP contribution in [0.2, 0.25) is 0 Å². The Hall–Kier alpha value is -2.68. The van der Waals surface area contributed by atoms with E-state index in [1.807, 2.05) is 0 Å². The predicted molar refractivity (Wildman–Crippen MR) is 99.6 cm³/mol. The van der Waals surface area contributed by atoms with Crippen molar-refractivity contribution in [2.75, 3.05) is 0 Å². The van der Waals surface area contributed by atoms with Gasteiger partial charge in [0.15, 0.2) is 0 Å². The van der Waals surface area contributed by atoms with Crippen molar-refractivity contribution in [2.45, 2.75) is 27.7 Å². The molecule has 0 N–H and O–H groups in total. The summed E-state index contributed by atoms with van der Waals surface area (Å²) in [5.41, 5.74) is 11.7. The fourth-order valence-electron chi connectivity index (χ4n) is 2.32. The molecule has 0 unspecified atom stereocenters. The lowest BCUT2D eigenvalue weighted by atomic mass is 10.1. The van der Waals surface area contributed by atoms with Crippen molar-refractivity contribution < 1.29 is 30.0 Å². The van der Waals surface area contributed by atoms with Gasteiger partial charge in [0.2, 0.25) is 0 Å². The molecule has 2 rings (SSSR count). The van der Waals surface area contributed by atoms with Gasteiger partial charge in [0, 0.05) is 0 Å². The van der Waals surface area contributed by atoms with Gasteiger partial charge >= 0.3 is 24.6 Å². The molecule has 0 aliphatic rings. The van der Waals surface area contributed by atoms with E-state index in [0.717, 1.165) is 11.1 Å². The van der Waals surface area contributed by atoms with Crippen LogP contribution in [0.3, 0.4) is 0 Å². The molecule has 10 heteroatoms. The van der Waals surface area contributed by atoms with Crippen molar-refractivity contribution in [1.29, 1.82) is 0 Å². The smallest absolute Gasteiger partial charge is 0.373 e. The first-order valence-corrected chi connectivity index (χ1v) is 10.5. The van der Waals surface area contributed by atoms with Crippen molar-refractivity contribution in [3.05, 3.63) is 64.2 Å². The summed E-state index contributed by atoms with van der Waals surface area (Å²) < 4.78 is 57.5.